The van der Waals surface area contributed by atoms with Crippen LogP contribution in [0.3, 0.4) is 0 Å². The molecule has 12 heteroatoms. The van der Waals surface area contributed by atoms with E-state index in [1.54, 1.807) is 51.9 Å². The number of carbonyl (C=O) groups is 2. The van der Waals surface area contributed by atoms with Gasteiger partial charge in [-0.3, -0.25) is 24.0 Å². The van der Waals surface area contributed by atoms with E-state index in [0.29, 0.717) is 59.9 Å². The van der Waals surface area contributed by atoms with Crippen LogP contribution in [0.1, 0.15) is 38.9 Å². The van der Waals surface area contributed by atoms with Crippen molar-refractivity contribution in [1.29, 1.82) is 0 Å². The molecule has 6 rings (SSSR count). The van der Waals surface area contributed by atoms with Crippen molar-refractivity contribution in [3.05, 3.63) is 100 Å². The number of fused-ring (bicyclic) bond motifs is 1. The van der Waals surface area contributed by atoms with Crippen molar-refractivity contribution in [2.45, 2.75) is 19.0 Å². The second-order valence-corrected chi connectivity index (χ2v) is 9.79. The summed E-state index contributed by atoms with van der Waals surface area (Å²) in [5.74, 6) is -2.59. The lowest BCUT2D eigenvalue weighted by molar-refractivity contribution is 0.0684. The van der Waals surface area contributed by atoms with Crippen LogP contribution in [-0.4, -0.2) is 69.3 Å². The van der Waals surface area contributed by atoms with Gasteiger partial charge < -0.3 is 15.3 Å². The minimum Gasteiger partial charge on any atom is -0.507 e. The van der Waals surface area contributed by atoms with Gasteiger partial charge in [-0.25, -0.2) is 19.4 Å². The third-order valence-electron chi connectivity index (χ3n) is 7.22. The number of carboxylic acids is 2. The molecule has 3 N–H and O–H groups in total. The highest BCUT2D eigenvalue weighted by Gasteiger charge is 2.29. The van der Waals surface area contributed by atoms with Gasteiger partial charge in [0.15, 0.2) is 5.65 Å². The van der Waals surface area contributed by atoms with Crippen molar-refractivity contribution >= 4 is 23.1 Å². The Bertz CT molecular complexity index is 1860. The molecule has 41 heavy (non-hydrogen) atoms. The zero-order valence-corrected chi connectivity index (χ0v) is 21.6. The van der Waals surface area contributed by atoms with Crippen LogP contribution in [0.25, 0.3) is 28.1 Å². The topological polar surface area (TPSA) is 164 Å². The summed E-state index contributed by atoms with van der Waals surface area (Å²) in [6, 6.07) is 14.1. The molecule has 0 amide bonds. The number of pyridine rings is 3. The van der Waals surface area contributed by atoms with E-state index in [2.05, 4.69) is 19.9 Å². The molecular formula is C29H24N6O6. The molecule has 5 heterocycles. The fourth-order valence-corrected chi connectivity index (χ4v) is 5.28. The van der Waals surface area contributed by atoms with E-state index in [4.69, 9.17) is 0 Å². The van der Waals surface area contributed by atoms with E-state index < -0.39 is 11.9 Å². The first kappa shape index (κ1) is 25.9. The Balaban J connectivity index is 1.30. The lowest BCUT2D eigenvalue weighted by Crippen LogP contribution is -2.29. The van der Waals surface area contributed by atoms with E-state index >= 15 is 0 Å². The average molecular weight is 553 g/mol. The van der Waals surface area contributed by atoms with Crippen LogP contribution in [0.2, 0.25) is 0 Å². The molecule has 1 atom stereocenters. The van der Waals surface area contributed by atoms with Crippen molar-refractivity contribution in [3.63, 3.8) is 0 Å². The Hall–Kier alpha value is -5.36. The molecule has 0 saturated carbocycles. The molecule has 0 aliphatic carbocycles. The molecule has 1 aliphatic rings. The van der Waals surface area contributed by atoms with Crippen LogP contribution in [0.5, 0.6) is 5.75 Å². The Morgan fingerprint density at radius 1 is 0.951 bits per heavy atom. The molecule has 1 fully saturated rings. The number of aromatic hydroxyl groups is 1. The van der Waals surface area contributed by atoms with Crippen molar-refractivity contribution < 1.29 is 24.9 Å². The van der Waals surface area contributed by atoms with Crippen LogP contribution < -0.4 is 5.69 Å². The maximum absolute atomic E-state index is 13.8. The summed E-state index contributed by atoms with van der Waals surface area (Å²) in [6.45, 7) is 1.74. The van der Waals surface area contributed by atoms with Crippen LogP contribution in [0.15, 0.2) is 78.0 Å². The number of imidazole rings is 1. The van der Waals surface area contributed by atoms with Gasteiger partial charge in [0, 0.05) is 37.6 Å². The Labute approximate surface area is 232 Å². The molecule has 0 bridgehead atoms. The number of hydrogen-bond acceptors (Lipinski definition) is 8. The largest absolute Gasteiger partial charge is 0.507 e. The molecule has 1 aromatic carbocycles. The minimum atomic E-state index is -1.25. The Kier molecular flexibility index (Phi) is 6.52. The fraction of sp³-hybridized carbons (Fsp3) is 0.172. The summed E-state index contributed by atoms with van der Waals surface area (Å²) < 4.78 is 3.25. The van der Waals surface area contributed by atoms with Gasteiger partial charge in [-0.1, -0.05) is 0 Å². The first-order chi connectivity index (χ1) is 19.8. The molecule has 4 aromatic heterocycles. The zero-order chi connectivity index (χ0) is 28.7. The predicted molar refractivity (Wildman–Crippen MR) is 147 cm³/mol. The average Bonchev–Trinajstić information content (AvgIpc) is 3.54. The lowest BCUT2D eigenvalue weighted by atomic mass is 10.1. The van der Waals surface area contributed by atoms with Crippen LogP contribution >= 0.6 is 0 Å². The van der Waals surface area contributed by atoms with Crippen molar-refractivity contribution in [1.82, 2.24) is 29.0 Å². The number of hydrogen-bond donors (Lipinski definition) is 3. The summed E-state index contributed by atoms with van der Waals surface area (Å²) in [5.41, 5.74) is 3.03. The number of carboxylic acid groups (broad SMARTS) is 2. The molecule has 1 aliphatic heterocycles. The molecule has 1 saturated heterocycles. The predicted octanol–water partition coefficient (Wildman–Crippen LogP) is 3.19. The molecule has 206 valence electrons. The fourth-order valence-electron chi connectivity index (χ4n) is 5.28. The molecule has 5 aromatic rings. The number of benzene rings is 1. The monoisotopic (exact) mass is 552 g/mol. The molecule has 0 unspecified atom stereocenters. The number of aromatic nitrogens is 5. The zero-order valence-electron chi connectivity index (χ0n) is 21.6. The lowest BCUT2D eigenvalue weighted by Gasteiger charge is -2.16. The third kappa shape index (κ3) is 4.80. The Morgan fingerprint density at radius 3 is 2.56 bits per heavy atom. The van der Waals surface area contributed by atoms with Crippen molar-refractivity contribution in [2.75, 3.05) is 13.1 Å². The van der Waals surface area contributed by atoms with Gasteiger partial charge in [-0.05, 0) is 61.0 Å². The van der Waals surface area contributed by atoms with Crippen molar-refractivity contribution in [2.24, 2.45) is 0 Å². The third-order valence-corrected chi connectivity index (χ3v) is 7.22. The first-order valence-electron chi connectivity index (χ1n) is 12.8. The van der Waals surface area contributed by atoms with Crippen LogP contribution in [-0.2, 0) is 6.54 Å². The summed E-state index contributed by atoms with van der Waals surface area (Å²) in [4.78, 5) is 52.0. The quantitative estimate of drug-likeness (QED) is 0.273. The standard InChI is InChI=1S/C29H24N6O6/c36-25-6-3-17(13-22(25)28(39)40)23-5-4-20(14-32-23)34-24-2-1-9-31-26(24)35(29(34)41)21-8-11-33(16-21)15-19-12-18(27(37)38)7-10-30-19/h1-7,9-10,12-14,21,36H,8,11,15-16H2,(H,37,38)(H,39,40)/t21-/m0/s1. The SMILES string of the molecule is O=C(O)c1ccnc(CN2CC[C@H](n3c(=O)n(-c4ccc(-c5ccc(O)c(C(=O)O)c5)nc4)c4cccnc43)C2)c1. The van der Waals surface area contributed by atoms with Crippen LogP contribution in [0, 0.1) is 0 Å². The number of rotatable bonds is 7. The van der Waals surface area contributed by atoms with E-state index in [9.17, 15) is 29.7 Å². The van der Waals surface area contributed by atoms with Gasteiger partial charge in [0.1, 0.15) is 11.3 Å². The highest BCUT2D eigenvalue weighted by molar-refractivity contribution is 5.92. The molecule has 0 spiro atoms. The van der Waals surface area contributed by atoms with Gasteiger partial charge in [-0.2, -0.15) is 0 Å². The number of aromatic carboxylic acids is 2. The van der Waals surface area contributed by atoms with Gasteiger partial charge >= 0.3 is 17.6 Å². The second-order valence-electron chi connectivity index (χ2n) is 9.79. The highest BCUT2D eigenvalue weighted by Crippen LogP contribution is 2.28. The number of phenols is 1. The summed E-state index contributed by atoms with van der Waals surface area (Å²) >= 11 is 0. The minimum absolute atomic E-state index is 0.150. The number of likely N-dealkylation sites (tertiary alicyclic amines) is 1. The summed E-state index contributed by atoms with van der Waals surface area (Å²) in [6.07, 6.45) is 5.38. The summed E-state index contributed by atoms with van der Waals surface area (Å²) in [5, 5.41) is 28.4. The maximum atomic E-state index is 13.8. The highest BCUT2D eigenvalue weighted by atomic mass is 16.4. The molecule has 12 nitrogen and oxygen atoms in total. The van der Waals surface area contributed by atoms with E-state index in [-0.39, 0.29) is 28.6 Å². The van der Waals surface area contributed by atoms with Gasteiger partial charge in [0.2, 0.25) is 0 Å². The number of nitrogens with zero attached hydrogens (tertiary/aromatic N) is 6. The van der Waals surface area contributed by atoms with Gasteiger partial charge in [0.25, 0.3) is 0 Å². The second kappa shape index (κ2) is 10.3. The maximum Gasteiger partial charge on any atom is 0.339 e. The van der Waals surface area contributed by atoms with E-state index in [0.717, 1.165) is 0 Å². The molecular weight excluding hydrogens is 528 g/mol. The molecule has 0 radical (unpaired) electrons. The van der Waals surface area contributed by atoms with Gasteiger partial charge in [-0.15, -0.1) is 0 Å². The summed E-state index contributed by atoms with van der Waals surface area (Å²) in [7, 11) is 0. The first-order valence-corrected chi connectivity index (χ1v) is 12.8. The van der Waals surface area contributed by atoms with Crippen molar-refractivity contribution in [3.8, 4) is 22.7 Å². The van der Waals surface area contributed by atoms with Crippen LogP contribution in [0.4, 0.5) is 0 Å². The van der Waals surface area contributed by atoms with E-state index in [1.807, 2.05) is 6.07 Å². The normalized spacial score (nSPS) is 15.4. The smallest absolute Gasteiger partial charge is 0.339 e. The van der Waals surface area contributed by atoms with E-state index in [1.165, 1.54) is 24.4 Å². The Morgan fingerprint density at radius 2 is 1.80 bits per heavy atom. The van der Waals surface area contributed by atoms with Gasteiger partial charge in [0.05, 0.1) is 40.4 Å².